The topological polar surface area (TPSA) is 47.6 Å². The van der Waals surface area contributed by atoms with Gasteiger partial charge in [0.05, 0.1) is 6.54 Å². The fourth-order valence-corrected chi connectivity index (χ4v) is 2.63. The van der Waals surface area contributed by atoms with Gasteiger partial charge in [0.25, 0.3) is 0 Å². The molecule has 112 valence electrons. The molecule has 1 aliphatic carbocycles. The molecule has 1 fully saturated rings. The van der Waals surface area contributed by atoms with Crippen molar-refractivity contribution in [1.29, 1.82) is 0 Å². The van der Waals surface area contributed by atoms with Crippen molar-refractivity contribution in [1.82, 2.24) is 5.32 Å². The predicted octanol–water partition coefficient (Wildman–Crippen LogP) is 2.86. The lowest BCUT2D eigenvalue weighted by molar-refractivity contribution is -0.140. The van der Waals surface area contributed by atoms with E-state index in [1.165, 1.54) is 32.1 Å². The average molecular weight is 271 g/mol. The Morgan fingerprint density at radius 3 is 2.37 bits per heavy atom. The summed E-state index contributed by atoms with van der Waals surface area (Å²) in [6, 6.07) is 0. The Balaban J connectivity index is 2.11. The summed E-state index contributed by atoms with van der Waals surface area (Å²) < 4.78 is 10.8. The van der Waals surface area contributed by atoms with Gasteiger partial charge in [0.2, 0.25) is 5.91 Å². The Bertz CT molecular complexity index is 234. The lowest BCUT2D eigenvalue weighted by atomic mass is 9.86. The van der Waals surface area contributed by atoms with Crippen LogP contribution in [0.1, 0.15) is 58.8 Å². The maximum Gasteiger partial charge on any atom is 0.220 e. The molecular weight excluding hydrogens is 242 g/mol. The molecule has 0 aromatic heterocycles. The molecule has 0 unspecified atom stereocenters. The summed E-state index contributed by atoms with van der Waals surface area (Å²) in [5.41, 5.74) is 0. The molecule has 0 heterocycles. The molecule has 0 radical (unpaired) electrons. The number of carbonyl (C=O) groups is 1. The van der Waals surface area contributed by atoms with E-state index in [0.29, 0.717) is 26.2 Å². The molecule has 1 amide bonds. The number of nitrogens with one attached hydrogen (secondary N) is 1. The molecule has 0 aromatic carbocycles. The average Bonchev–Trinajstić information content (AvgIpc) is 2.44. The van der Waals surface area contributed by atoms with Crippen molar-refractivity contribution >= 4 is 5.91 Å². The molecule has 0 aliphatic heterocycles. The summed E-state index contributed by atoms with van der Waals surface area (Å²) in [7, 11) is 0. The van der Waals surface area contributed by atoms with Gasteiger partial charge in [-0.15, -0.1) is 0 Å². The van der Waals surface area contributed by atoms with E-state index < -0.39 is 0 Å². The fraction of sp³-hybridized carbons (Fsp3) is 0.933. The highest BCUT2D eigenvalue weighted by atomic mass is 16.7. The summed E-state index contributed by atoms with van der Waals surface area (Å²) in [4.78, 5) is 11.8. The summed E-state index contributed by atoms with van der Waals surface area (Å²) in [6.45, 7) is 5.50. The van der Waals surface area contributed by atoms with Crippen molar-refractivity contribution in [2.24, 2.45) is 5.92 Å². The first-order chi connectivity index (χ1) is 9.26. The molecule has 4 heteroatoms. The minimum Gasteiger partial charge on any atom is -0.351 e. The maximum absolute atomic E-state index is 11.8. The summed E-state index contributed by atoms with van der Waals surface area (Å²) in [6.07, 6.45) is 7.99. The van der Waals surface area contributed by atoms with Crippen molar-refractivity contribution in [3.63, 3.8) is 0 Å². The van der Waals surface area contributed by atoms with E-state index in [9.17, 15) is 4.79 Å². The van der Waals surface area contributed by atoms with Crippen LogP contribution in [0.2, 0.25) is 0 Å². The summed E-state index contributed by atoms with van der Waals surface area (Å²) >= 11 is 0. The smallest absolute Gasteiger partial charge is 0.220 e. The van der Waals surface area contributed by atoms with E-state index in [0.717, 1.165) is 12.3 Å². The van der Waals surface area contributed by atoms with Gasteiger partial charge in [0.1, 0.15) is 0 Å². The molecule has 1 N–H and O–H groups in total. The molecule has 1 saturated carbocycles. The lowest BCUT2D eigenvalue weighted by Gasteiger charge is -2.21. The number of hydrogen-bond donors (Lipinski definition) is 1. The number of carbonyl (C=O) groups excluding carboxylic acids is 1. The summed E-state index contributed by atoms with van der Waals surface area (Å²) in [5, 5.41) is 2.90. The second-order valence-electron chi connectivity index (χ2n) is 5.19. The fourth-order valence-electron chi connectivity index (χ4n) is 2.63. The zero-order valence-electron chi connectivity index (χ0n) is 12.5. The van der Waals surface area contributed by atoms with E-state index in [1.807, 2.05) is 13.8 Å². The number of amides is 1. The van der Waals surface area contributed by atoms with Crippen molar-refractivity contribution < 1.29 is 14.3 Å². The van der Waals surface area contributed by atoms with Crippen LogP contribution >= 0.6 is 0 Å². The van der Waals surface area contributed by atoms with Gasteiger partial charge in [-0.25, -0.2) is 0 Å². The Morgan fingerprint density at radius 1 is 1.16 bits per heavy atom. The van der Waals surface area contributed by atoms with Crippen molar-refractivity contribution in [3.05, 3.63) is 0 Å². The van der Waals surface area contributed by atoms with E-state index >= 15 is 0 Å². The van der Waals surface area contributed by atoms with Crippen LogP contribution in [0, 0.1) is 5.92 Å². The third-order valence-corrected chi connectivity index (χ3v) is 3.68. The minimum absolute atomic E-state index is 0.120. The molecule has 0 aromatic rings. The van der Waals surface area contributed by atoms with E-state index in [-0.39, 0.29) is 12.2 Å². The maximum atomic E-state index is 11.8. The van der Waals surface area contributed by atoms with Crippen LogP contribution in [-0.2, 0) is 14.3 Å². The Kier molecular flexibility index (Phi) is 8.84. The Hall–Kier alpha value is -0.610. The lowest BCUT2D eigenvalue weighted by Crippen LogP contribution is -2.35. The normalized spacial score (nSPS) is 16.8. The van der Waals surface area contributed by atoms with Crippen molar-refractivity contribution in [3.8, 4) is 0 Å². The Morgan fingerprint density at radius 2 is 1.79 bits per heavy atom. The van der Waals surface area contributed by atoms with Gasteiger partial charge in [-0.2, -0.15) is 0 Å². The van der Waals surface area contributed by atoms with Crippen molar-refractivity contribution in [2.75, 3.05) is 19.8 Å². The highest BCUT2D eigenvalue weighted by Gasteiger charge is 2.15. The highest BCUT2D eigenvalue weighted by Crippen LogP contribution is 2.27. The molecule has 0 bridgehead atoms. The Labute approximate surface area is 117 Å². The molecular formula is C15H29NO3. The SMILES string of the molecule is CCOC(CNC(=O)CCC1CCCCC1)OCC. The van der Waals surface area contributed by atoms with Crippen LogP contribution in [0.15, 0.2) is 0 Å². The van der Waals surface area contributed by atoms with Crippen LogP contribution in [0.5, 0.6) is 0 Å². The second kappa shape index (κ2) is 10.2. The third-order valence-electron chi connectivity index (χ3n) is 3.68. The van der Waals surface area contributed by atoms with E-state index in [2.05, 4.69) is 5.32 Å². The first-order valence-corrected chi connectivity index (χ1v) is 7.76. The van der Waals surface area contributed by atoms with Crippen LogP contribution in [-0.4, -0.2) is 32.0 Å². The zero-order chi connectivity index (χ0) is 13.9. The molecule has 1 aliphatic rings. The molecule has 0 saturated heterocycles. The molecule has 19 heavy (non-hydrogen) atoms. The zero-order valence-corrected chi connectivity index (χ0v) is 12.5. The van der Waals surface area contributed by atoms with Gasteiger partial charge in [0.15, 0.2) is 6.29 Å². The predicted molar refractivity (Wildman–Crippen MR) is 75.9 cm³/mol. The molecule has 0 spiro atoms. The third kappa shape index (κ3) is 7.53. The van der Waals surface area contributed by atoms with Gasteiger partial charge in [-0.1, -0.05) is 32.1 Å². The number of rotatable bonds is 9. The molecule has 1 rings (SSSR count). The first-order valence-electron chi connectivity index (χ1n) is 7.76. The van der Waals surface area contributed by atoms with Crippen molar-refractivity contribution in [2.45, 2.75) is 65.1 Å². The quantitative estimate of drug-likeness (QED) is 0.656. The van der Waals surface area contributed by atoms with Gasteiger partial charge < -0.3 is 14.8 Å². The van der Waals surface area contributed by atoms with Crippen LogP contribution in [0.25, 0.3) is 0 Å². The standard InChI is InChI=1S/C15H29NO3/c1-3-18-15(19-4-2)12-16-14(17)11-10-13-8-6-5-7-9-13/h13,15H,3-12H2,1-2H3,(H,16,17). The number of hydrogen-bond acceptors (Lipinski definition) is 3. The monoisotopic (exact) mass is 271 g/mol. The van der Waals surface area contributed by atoms with E-state index in [4.69, 9.17) is 9.47 Å². The van der Waals surface area contributed by atoms with Gasteiger partial charge >= 0.3 is 0 Å². The van der Waals surface area contributed by atoms with Crippen LogP contribution in [0.3, 0.4) is 0 Å². The first kappa shape index (κ1) is 16.4. The van der Waals surface area contributed by atoms with E-state index in [1.54, 1.807) is 0 Å². The molecule has 4 nitrogen and oxygen atoms in total. The minimum atomic E-state index is -0.311. The van der Waals surface area contributed by atoms with Crippen LogP contribution < -0.4 is 5.32 Å². The largest absolute Gasteiger partial charge is 0.351 e. The second-order valence-corrected chi connectivity index (χ2v) is 5.19. The highest BCUT2D eigenvalue weighted by molar-refractivity contribution is 5.75. The van der Waals surface area contributed by atoms with Gasteiger partial charge in [0, 0.05) is 19.6 Å². The van der Waals surface area contributed by atoms with Gasteiger partial charge in [-0.3, -0.25) is 4.79 Å². The molecule has 0 atom stereocenters. The van der Waals surface area contributed by atoms with Crippen LogP contribution in [0.4, 0.5) is 0 Å². The number of ether oxygens (including phenoxy) is 2. The summed E-state index contributed by atoms with van der Waals surface area (Å²) in [5.74, 6) is 0.879. The van der Waals surface area contributed by atoms with Gasteiger partial charge in [-0.05, 0) is 26.2 Å².